The van der Waals surface area contributed by atoms with Gasteiger partial charge in [0.1, 0.15) is 11.4 Å². The van der Waals surface area contributed by atoms with E-state index in [4.69, 9.17) is 0 Å². The van der Waals surface area contributed by atoms with Crippen molar-refractivity contribution in [1.82, 2.24) is 9.97 Å². The van der Waals surface area contributed by atoms with Crippen LogP contribution < -0.4 is 0 Å². The number of carbonyl (C=O) groups excluding carboxylic acids is 2. The summed E-state index contributed by atoms with van der Waals surface area (Å²) in [7, 11) is 0. The van der Waals surface area contributed by atoms with E-state index >= 15 is 0 Å². The number of aromatic nitrogens is 2. The van der Waals surface area contributed by atoms with Gasteiger partial charge in [-0.1, -0.05) is 0 Å². The number of fused-ring (bicyclic) bond motifs is 2. The molecular weight excluding hydrogens is 228 g/mol. The largest absolute Gasteiger partial charge is 0.287 e. The topological polar surface area (TPSA) is 59.9 Å². The first-order valence-corrected chi connectivity index (χ1v) is 5.61. The molecule has 1 aromatic heterocycles. The highest BCUT2D eigenvalue weighted by Gasteiger charge is 2.32. The van der Waals surface area contributed by atoms with Crippen LogP contribution in [-0.4, -0.2) is 21.5 Å². The van der Waals surface area contributed by atoms with Gasteiger partial charge < -0.3 is 0 Å². The van der Waals surface area contributed by atoms with E-state index in [1.807, 2.05) is 13.8 Å². The first-order chi connectivity index (χ1) is 8.59. The Balaban J connectivity index is 2.34. The molecule has 88 valence electrons. The van der Waals surface area contributed by atoms with E-state index in [-0.39, 0.29) is 23.0 Å². The minimum Gasteiger partial charge on any atom is -0.287 e. The fourth-order valence-electron chi connectivity index (χ4n) is 2.12. The van der Waals surface area contributed by atoms with E-state index in [1.54, 1.807) is 12.1 Å². The molecule has 4 nitrogen and oxygen atoms in total. The fourth-order valence-corrected chi connectivity index (χ4v) is 2.12. The normalized spacial score (nSPS) is 13.2. The van der Waals surface area contributed by atoms with Gasteiger partial charge in [-0.05, 0) is 37.1 Å². The maximum absolute atomic E-state index is 12.3. The summed E-state index contributed by atoms with van der Waals surface area (Å²) >= 11 is 0. The van der Waals surface area contributed by atoms with E-state index in [1.165, 1.54) is 12.4 Å². The zero-order valence-electron chi connectivity index (χ0n) is 10.0. The predicted molar refractivity (Wildman–Crippen MR) is 64.8 cm³/mol. The summed E-state index contributed by atoms with van der Waals surface area (Å²) in [5.41, 5.74) is 3.13. The van der Waals surface area contributed by atoms with Crippen molar-refractivity contribution in [2.45, 2.75) is 13.8 Å². The number of benzene rings is 1. The molecule has 3 rings (SSSR count). The van der Waals surface area contributed by atoms with Gasteiger partial charge in [-0.2, -0.15) is 0 Å². The molecule has 1 aromatic carbocycles. The molecule has 0 fully saturated rings. The molecule has 0 aliphatic heterocycles. The lowest BCUT2D eigenvalue weighted by atomic mass is 9.87. The van der Waals surface area contributed by atoms with Crippen LogP contribution in [0.15, 0.2) is 24.5 Å². The summed E-state index contributed by atoms with van der Waals surface area (Å²) in [6.45, 7) is 3.83. The lowest BCUT2D eigenvalue weighted by molar-refractivity contribution is 0.0971. The average molecular weight is 238 g/mol. The van der Waals surface area contributed by atoms with Gasteiger partial charge in [-0.3, -0.25) is 9.59 Å². The summed E-state index contributed by atoms with van der Waals surface area (Å²) in [6, 6.07) is 3.50. The lowest BCUT2D eigenvalue weighted by Gasteiger charge is -2.16. The molecule has 0 unspecified atom stereocenters. The van der Waals surface area contributed by atoms with E-state index in [0.29, 0.717) is 11.1 Å². The van der Waals surface area contributed by atoms with Gasteiger partial charge in [0.15, 0.2) is 0 Å². The van der Waals surface area contributed by atoms with E-state index in [9.17, 15) is 9.59 Å². The minimum atomic E-state index is -0.226. The van der Waals surface area contributed by atoms with Crippen LogP contribution in [0.3, 0.4) is 0 Å². The molecular formula is C14H10N2O2. The number of ketones is 2. The molecule has 1 aliphatic carbocycles. The third kappa shape index (κ3) is 1.32. The number of carbonyl (C=O) groups is 2. The molecule has 0 amide bonds. The number of aryl methyl sites for hydroxylation is 2. The number of rotatable bonds is 0. The molecule has 0 radical (unpaired) electrons. The van der Waals surface area contributed by atoms with Crippen LogP contribution in [-0.2, 0) is 0 Å². The van der Waals surface area contributed by atoms with Crippen LogP contribution in [0.25, 0.3) is 0 Å². The Morgan fingerprint density at radius 1 is 0.778 bits per heavy atom. The van der Waals surface area contributed by atoms with Gasteiger partial charge in [0, 0.05) is 23.5 Å². The highest BCUT2D eigenvalue weighted by atomic mass is 16.1. The molecule has 2 aromatic rings. The van der Waals surface area contributed by atoms with Crippen molar-refractivity contribution < 1.29 is 9.59 Å². The third-order valence-corrected chi connectivity index (χ3v) is 3.25. The van der Waals surface area contributed by atoms with Crippen LogP contribution in [0.5, 0.6) is 0 Å². The van der Waals surface area contributed by atoms with Crippen LogP contribution in [0.4, 0.5) is 0 Å². The van der Waals surface area contributed by atoms with Crippen molar-refractivity contribution in [3.8, 4) is 0 Å². The van der Waals surface area contributed by atoms with E-state index < -0.39 is 0 Å². The molecule has 0 atom stereocenters. The van der Waals surface area contributed by atoms with Crippen molar-refractivity contribution in [3.05, 3.63) is 58.2 Å². The summed E-state index contributed by atoms with van der Waals surface area (Å²) in [4.78, 5) is 32.5. The Morgan fingerprint density at radius 2 is 1.17 bits per heavy atom. The number of hydrogen-bond donors (Lipinski definition) is 0. The van der Waals surface area contributed by atoms with E-state index in [2.05, 4.69) is 9.97 Å². The predicted octanol–water partition coefficient (Wildman–Crippen LogP) is 1.87. The summed E-state index contributed by atoms with van der Waals surface area (Å²) in [6.07, 6.45) is 2.85. The SMILES string of the molecule is Cc1cc2c(cc1C)C(=O)c1nccnc1C2=O. The Kier molecular flexibility index (Phi) is 2.13. The maximum atomic E-state index is 12.3. The van der Waals surface area contributed by atoms with Crippen LogP contribution >= 0.6 is 0 Å². The molecule has 4 heteroatoms. The summed E-state index contributed by atoms with van der Waals surface area (Å²) < 4.78 is 0. The van der Waals surface area contributed by atoms with Gasteiger partial charge in [0.2, 0.25) is 11.6 Å². The maximum Gasteiger partial charge on any atom is 0.214 e. The van der Waals surface area contributed by atoms with Crippen LogP contribution in [0.2, 0.25) is 0 Å². The Morgan fingerprint density at radius 3 is 1.56 bits per heavy atom. The average Bonchev–Trinajstić information content (AvgIpc) is 2.38. The Hall–Kier alpha value is -2.36. The van der Waals surface area contributed by atoms with Crippen molar-refractivity contribution in [2.75, 3.05) is 0 Å². The van der Waals surface area contributed by atoms with Gasteiger partial charge >= 0.3 is 0 Å². The van der Waals surface area contributed by atoms with Crippen molar-refractivity contribution >= 4 is 11.6 Å². The first kappa shape index (κ1) is 10.8. The smallest absolute Gasteiger partial charge is 0.214 e. The molecule has 0 bridgehead atoms. The third-order valence-electron chi connectivity index (χ3n) is 3.25. The minimum absolute atomic E-state index is 0.151. The zero-order valence-corrected chi connectivity index (χ0v) is 10.0. The van der Waals surface area contributed by atoms with E-state index in [0.717, 1.165) is 11.1 Å². The van der Waals surface area contributed by atoms with Crippen LogP contribution in [0, 0.1) is 13.8 Å². The molecule has 18 heavy (non-hydrogen) atoms. The Labute approximate surface area is 104 Å². The quantitative estimate of drug-likeness (QED) is 0.600. The monoisotopic (exact) mass is 238 g/mol. The standard InChI is InChI=1S/C14H10N2O2/c1-7-5-9-10(6-8(7)2)14(18)12-11(13(9)17)15-3-4-16-12/h3-6H,1-2H3. The Bertz CT molecular complexity index is 645. The van der Waals surface area contributed by atoms with Crippen LogP contribution in [0.1, 0.15) is 43.2 Å². The second kappa shape index (κ2) is 3.57. The highest BCUT2D eigenvalue weighted by molar-refractivity contribution is 6.26. The number of nitrogens with zero attached hydrogens (tertiary/aromatic N) is 2. The molecule has 0 spiro atoms. The molecule has 0 saturated heterocycles. The van der Waals surface area contributed by atoms with Crippen molar-refractivity contribution in [1.29, 1.82) is 0 Å². The highest BCUT2D eigenvalue weighted by Crippen LogP contribution is 2.26. The van der Waals surface area contributed by atoms with Crippen molar-refractivity contribution in [2.24, 2.45) is 0 Å². The summed E-state index contributed by atoms with van der Waals surface area (Å²) in [5.74, 6) is -0.452. The molecule has 0 N–H and O–H groups in total. The molecule has 1 heterocycles. The van der Waals surface area contributed by atoms with Gasteiger partial charge in [-0.15, -0.1) is 0 Å². The zero-order chi connectivity index (χ0) is 12.9. The molecule has 0 saturated carbocycles. The second-order valence-electron chi connectivity index (χ2n) is 4.39. The van der Waals surface area contributed by atoms with Crippen molar-refractivity contribution in [3.63, 3.8) is 0 Å². The van der Waals surface area contributed by atoms with Gasteiger partial charge in [0.25, 0.3) is 0 Å². The molecule has 1 aliphatic rings. The first-order valence-electron chi connectivity index (χ1n) is 5.61. The second-order valence-corrected chi connectivity index (χ2v) is 4.39. The fraction of sp³-hybridized carbons (Fsp3) is 0.143. The number of hydrogen-bond acceptors (Lipinski definition) is 4. The summed E-state index contributed by atoms with van der Waals surface area (Å²) in [5, 5.41) is 0. The lowest BCUT2D eigenvalue weighted by Crippen LogP contribution is -2.23. The van der Waals surface area contributed by atoms with Gasteiger partial charge in [-0.25, -0.2) is 9.97 Å². The van der Waals surface area contributed by atoms with Gasteiger partial charge in [0.05, 0.1) is 0 Å².